The lowest BCUT2D eigenvalue weighted by Crippen LogP contribution is -2.25. The lowest BCUT2D eigenvalue weighted by atomic mass is 10.1. The van der Waals surface area contributed by atoms with Gasteiger partial charge < -0.3 is 5.32 Å². The second kappa shape index (κ2) is 5.93. The van der Waals surface area contributed by atoms with E-state index in [1.165, 1.54) is 5.56 Å². The number of hydrogen-bond acceptors (Lipinski definition) is 3. The highest BCUT2D eigenvalue weighted by Gasteiger charge is 2.43. The molecular weight excluding hydrogens is 330 g/mol. The van der Waals surface area contributed by atoms with Crippen LogP contribution in [-0.4, -0.2) is 15.9 Å². The van der Waals surface area contributed by atoms with Crippen LogP contribution in [0.3, 0.4) is 0 Å². The molecular formula is C16H16BrN3O. The van der Waals surface area contributed by atoms with Crippen LogP contribution in [0.25, 0.3) is 0 Å². The maximum Gasteiger partial charge on any atom is 0.224 e. The molecule has 2 atom stereocenters. The molecule has 1 N–H and O–H groups in total. The molecule has 1 aliphatic rings. The van der Waals surface area contributed by atoms with Crippen LogP contribution in [0.5, 0.6) is 0 Å². The SMILES string of the molecule is Cc1nccc(CNC(=O)[C@@H]2C[C@@H]2c2cccc(Br)c2)n1. The zero-order chi connectivity index (χ0) is 14.8. The number of nitrogens with one attached hydrogen (secondary N) is 1. The molecule has 1 fully saturated rings. The van der Waals surface area contributed by atoms with E-state index in [0.717, 1.165) is 22.4 Å². The highest BCUT2D eigenvalue weighted by atomic mass is 79.9. The van der Waals surface area contributed by atoms with Gasteiger partial charge in [0.1, 0.15) is 5.82 Å². The maximum atomic E-state index is 12.2. The Morgan fingerprint density at radius 1 is 1.43 bits per heavy atom. The molecule has 5 heteroatoms. The van der Waals surface area contributed by atoms with E-state index in [4.69, 9.17) is 0 Å². The van der Waals surface area contributed by atoms with Crippen molar-refractivity contribution in [1.82, 2.24) is 15.3 Å². The zero-order valence-corrected chi connectivity index (χ0v) is 13.3. The van der Waals surface area contributed by atoms with Crippen molar-refractivity contribution >= 4 is 21.8 Å². The molecule has 0 aliphatic heterocycles. The Morgan fingerprint density at radius 3 is 3.05 bits per heavy atom. The van der Waals surface area contributed by atoms with Gasteiger partial charge in [-0.3, -0.25) is 4.79 Å². The Bertz CT molecular complexity index is 674. The third kappa shape index (κ3) is 3.47. The smallest absolute Gasteiger partial charge is 0.224 e. The highest BCUT2D eigenvalue weighted by Crippen LogP contribution is 2.47. The van der Waals surface area contributed by atoms with E-state index in [1.54, 1.807) is 6.20 Å². The van der Waals surface area contributed by atoms with Crippen LogP contribution < -0.4 is 5.32 Å². The number of rotatable bonds is 4. The minimum absolute atomic E-state index is 0.0854. The minimum atomic E-state index is 0.0854. The molecule has 1 heterocycles. The Hall–Kier alpha value is -1.75. The minimum Gasteiger partial charge on any atom is -0.350 e. The molecule has 21 heavy (non-hydrogen) atoms. The monoisotopic (exact) mass is 345 g/mol. The summed E-state index contributed by atoms with van der Waals surface area (Å²) in [5, 5.41) is 2.96. The Morgan fingerprint density at radius 2 is 2.29 bits per heavy atom. The highest BCUT2D eigenvalue weighted by molar-refractivity contribution is 9.10. The van der Waals surface area contributed by atoms with Crippen molar-refractivity contribution < 1.29 is 4.79 Å². The van der Waals surface area contributed by atoms with E-state index >= 15 is 0 Å². The summed E-state index contributed by atoms with van der Waals surface area (Å²) in [7, 11) is 0. The second-order valence-corrected chi connectivity index (χ2v) is 6.23. The Kier molecular flexibility index (Phi) is 4.01. The summed E-state index contributed by atoms with van der Waals surface area (Å²) in [4.78, 5) is 20.5. The van der Waals surface area contributed by atoms with Gasteiger partial charge in [-0.2, -0.15) is 0 Å². The average molecular weight is 346 g/mol. The number of nitrogens with zero attached hydrogens (tertiary/aromatic N) is 2. The molecule has 1 amide bonds. The van der Waals surface area contributed by atoms with Gasteiger partial charge in [-0.05, 0) is 43.0 Å². The summed E-state index contributed by atoms with van der Waals surface area (Å²) in [5.74, 6) is 1.26. The standard InChI is InChI=1S/C16H16BrN3O/c1-10-18-6-5-13(20-10)9-19-16(21)15-8-14(15)11-3-2-4-12(17)7-11/h2-7,14-15H,8-9H2,1H3,(H,19,21)/t14-,15-/m1/s1. The van der Waals surface area contributed by atoms with Crippen LogP contribution in [-0.2, 0) is 11.3 Å². The van der Waals surface area contributed by atoms with E-state index in [-0.39, 0.29) is 11.8 Å². The summed E-state index contributed by atoms with van der Waals surface area (Å²) < 4.78 is 1.06. The first-order valence-corrected chi connectivity index (χ1v) is 7.74. The van der Waals surface area contributed by atoms with Crippen molar-refractivity contribution in [3.05, 3.63) is 58.1 Å². The topological polar surface area (TPSA) is 54.9 Å². The largest absolute Gasteiger partial charge is 0.350 e. The number of benzene rings is 1. The molecule has 2 aromatic rings. The molecule has 1 aliphatic carbocycles. The number of halogens is 1. The molecule has 0 bridgehead atoms. The van der Waals surface area contributed by atoms with Gasteiger partial charge in [0.2, 0.25) is 5.91 Å². The van der Waals surface area contributed by atoms with Crippen LogP contribution in [0.1, 0.15) is 29.4 Å². The third-order valence-corrected chi connectivity index (χ3v) is 4.17. The van der Waals surface area contributed by atoms with Crippen molar-refractivity contribution in [3.63, 3.8) is 0 Å². The summed E-state index contributed by atoms with van der Waals surface area (Å²) in [5.41, 5.74) is 2.07. The van der Waals surface area contributed by atoms with Gasteiger partial charge in [-0.15, -0.1) is 0 Å². The van der Waals surface area contributed by atoms with E-state index in [1.807, 2.05) is 25.1 Å². The van der Waals surface area contributed by atoms with Gasteiger partial charge >= 0.3 is 0 Å². The molecule has 0 saturated heterocycles. The average Bonchev–Trinajstić information content (AvgIpc) is 3.25. The fraction of sp³-hybridized carbons (Fsp3) is 0.312. The van der Waals surface area contributed by atoms with Crippen molar-refractivity contribution in [2.45, 2.75) is 25.8 Å². The summed E-state index contributed by atoms with van der Waals surface area (Å²) in [6.45, 7) is 2.30. The lowest BCUT2D eigenvalue weighted by molar-refractivity contribution is -0.122. The van der Waals surface area contributed by atoms with Crippen molar-refractivity contribution in [1.29, 1.82) is 0 Å². The van der Waals surface area contributed by atoms with Crippen molar-refractivity contribution in [2.75, 3.05) is 0 Å². The summed E-state index contributed by atoms with van der Waals surface area (Å²) >= 11 is 3.47. The van der Waals surface area contributed by atoms with Gasteiger partial charge in [-0.25, -0.2) is 9.97 Å². The maximum absolute atomic E-state index is 12.2. The summed E-state index contributed by atoms with van der Waals surface area (Å²) in [6.07, 6.45) is 2.64. The Balaban J connectivity index is 1.56. The second-order valence-electron chi connectivity index (χ2n) is 5.32. The first kappa shape index (κ1) is 14.2. The third-order valence-electron chi connectivity index (χ3n) is 3.68. The number of amides is 1. The van der Waals surface area contributed by atoms with Crippen LogP contribution in [0.4, 0.5) is 0 Å². The summed E-state index contributed by atoms with van der Waals surface area (Å²) in [6, 6.07) is 10.0. The van der Waals surface area contributed by atoms with E-state index < -0.39 is 0 Å². The van der Waals surface area contributed by atoms with E-state index in [9.17, 15) is 4.79 Å². The number of aryl methyl sites for hydroxylation is 1. The molecule has 0 unspecified atom stereocenters. The number of hydrogen-bond donors (Lipinski definition) is 1. The first-order chi connectivity index (χ1) is 10.1. The number of carbonyl (C=O) groups excluding carboxylic acids is 1. The van der Waals surface area contributed by atoms with Crippen LogP contribution >= 0.6 is 15.9 Å². The van der Waals surface area contributed by atoms with Gasteiger partial charge in [0.05, 0.1) is 12.2 Å². The van der Waals surface area contributed by atoms with E-state index in [2.05, 4.69) is 43.3 Å². The van der Waals surface area contributed by atoms with Crippen molar-refractivity contribution in [2.24, 2.45) is 5.92 Å². The normalized spacial score (nSPS) is 20.1. The van der Waals surface area contributed by atoms with E-state index in [0.29, 0.717) is 12.5 Å². The molecule has 0 radical (unpaired) electrons. The lowest BCUT2D eigenvalue weighted by Gasteiger charge is -2.05. The molecule has 0 spiro atoms. The predicted molar refractivity (Wildman–Crippen MR) is 83.6 cm³/mol. The van der Waals surface area contributed by atoms with Gasteiger partial charge in [0, 0.05) is 16.6 Å². The first-order valence-electron chi connectivity index (χ1n) is 6.95. The fourth-order valence-corrected chi connectivity index (χ4v) is 2.92. The predicted octanol–water partition coefficient (Wildman–Crippen LogP) is 2.97. The van der Waals surface area contributed by atoms with Crippen molar-refractivity contribution in [3.8, 4) is 0 Å². The molecule has 4 nitrogen and oxygen atoms in total. The van der Waals surface area contributed by atoms with Crippen LogP contribution in [0, 0.1) is 12.8 Å². The van der Waals surface area contributed by atoms with Gasteiger partial charge in [0.25, 0.3) is 0 Å². The fourth-order valence-electron chi connectivity index (χ4n) is 2.50. The number of carbonyl (C=O) groups is 1. The molecule has 1 aromatic carbocycles. The molecule has 3 rings (SSSR count). The van der Waals surface area contributed by atoms with Gasteiger partial charge in [-0.1, -0.05) is 28.1 Å². The quantitative estimate of drug-likeness (QED) is 0.926. The molecule has 1 saturated carbocycles. The number of aromatic nitrogens is 2. The molecule has 108 valence electrons. The van der Waals surface area contributed by atoms with Crippen LogP contribution in [0.15, 0.2) is 41.0 Å². The van der Waals surface area contributed by atoms with Gasteiger partial charge in [0.15, 0.2) is 0 Å². The zero-order valence-electron chi connectivity index (χ0n) is 11.7. The Labute approximate surface area is 132 Å². The molecule has 1 aromatic heterocycles. The van der Waals surface area contributed by atoms with Crippen LogP contribution in [0.2, 0.25) is 0 Å².